The van der Waals surface area contributed by atoms with E-state index < -0.39 is 0 Å². The van der Waals surface area contributed by atoms with Gasteiger partial charge in [-0.05, 0) is 57.9 Å². The number of pyridine rings is 1. The Morgan fingerprint density at radius 1 is 1.16 bits per heavy atom. The summed E-state index contributed by atoms with van der Waals surface area (Å²) in [5, 5.41) is 7.06. The zero-order chi connectivity index (χ0) is 21.9. The molecule has 0 aliphatic carbocycles. The number of benzene rings is 1. The van der Waals surface area contributed by atoms with Crippen LogP contribution < -0.4 is 15.5 Å². The summed E-state index contributed by atoms with van der Waals surface area (Å²) in [4.78, 5) is 14.1. The summed E-state index contributed by atoms with van der Waals surface area (Å²) < 4.78 is 0. The molecule has 0 spiro atoms. The second kappa shape index (κ2) is 12.3. The van der Waals surface area contributed by atoms with Crippen LogP contribution in [0.25, 0.3) is 0 Å². The van der Waals surface area contributed by atoms with Gasteiger partial charge in [-0.15, -0.1) is 0 Å². The predicted octanol–water partition coefficient (Wildman–Crippen LogP) is 3.52. The van der Waals surface area contributed by atoms with Gasteiger partial charge in [0.15, 0.2) is 5.96 Å². The Hall–Kier alpha value is -2.60. The zero-order valence-electron chi connectivity index (χ0n) is 19.3. The third-order valence-electron chi connectivity index (χ3n) is 6.00. The van der Waals surface area contributed by atoms with Gasteiger partial charge >= 0.3 is 0 Å². The van der Waals surface area contributed by atoms with E-state index in [1.807, 2.05) is 12.3 Å². The van der Waals surface area contributed by atoms with Gasteiger partial charge in [-0.2, -0.15) is 0 Å². The minimum atomic E-state index is 0.455. The minimum Gasteiger partial charge on any atom is -0.357 e. The van der Waals surface area contributed by atoms with Crippen LogP contribution in [0.2, 0.25) is 0 Å². The van der Waals surface area contributed by atoms with Crippen LogP contribution in [-0.2, 0) is 6.54 Å². The molecule has 1 fully saturated rings. The minimum absolute atomic E-state index is 0.455. The highest BCUT2D eigenvalue weighted by Crippen LogP contribution is 2.17. The van der Waals surface area contributed by atoms with Crippen molar-refractivity contribution in [1.82, 2.24) is 20.5 Å². The average Bonchev–Trinajstić information content (AvgIpc) is 2.81. The number of piperidine rings is 1. The van der Waals surface area contributed by atoms with Crippen molar-refractivity contribution in [3.8, 4) is 0 Å². The third kappa shape index (κ3) is 7.55. The van der Waals surface area contributed by atoms with Crippen LogP contribution in [-0.4, -0.2) is 61.2 Å². The molecule has 0 amide bonds. The molecule has 168 valence electrons. The Morgan fingerprint density at radius 3 is 2.58 bits per heavy atom. The van der Waals surface area contributed by atoms with Crippen LogP contribution >= 0.6 is 0 Å². The van der Waals surface area contributed by atoms with Crippen LogP contribution in [0.15, 0.2) is 59.7 Å². The standard InChI is InChI=1S/C25H38N6/c1-4-26-25(28-17-13-21(2)30(3)20-22-10-6-5-7-11-22)29-23-14-18-31(19-15-23)24-12-8-9-16-27-24/h5-12,16,21,23H,4,13-15,17-20H2,1-3H3,(H2,26,28,29). The monoisotopic (exact) mass is 422 g/mol. The summed E-state index contributed by atoms with van der Waals surface area (Å²) in [6, 6.07) is 17.7. The molecule has 3 rings (SSSR count). The highest BCUT2D eigenvalue weighted by atomic mass is 15.2. The molecule has 2 aromatic rings. The Balaban J connectivity index is 1.43. The van der Waals surface area contributed by atoms with E-state index in [1.54, 1.807) is 0 Å². The molecule has 1 aliphatic rings. The van der Waals surface area contributed by atoms with E-state index in [-0.39, 0.29) is 0 Å². The molecule has 6 heteroatoms. The summed E-state index contributed by atoms with van der Waals surface area (Å²) in [5.74, 6) is 2.02. The Morgan fingerprint density at radius 2 is 1.90 bits per heavy atom. The topological polar surface area (TPSA) is 55.8 Å². The smallest absolute Gasteiger partial charge is 0.191 e. The maximum absolute atomic E-state index is 4.86. The molecule has 31 heavy (non-hydrogen) atoms. The van der Waals surface area contributed by atoms with Crippen LogP contribution in [0.4, 0.5) is 5.82 Å². The lowest BCUT2D eigenvalue weighted by atomic mass is 10.1. The lowest BCUT2D eigenvalue weighted by Crippen LogP contribution is -2.49. The number of guanidine groups is 1. The van der Waals surface area contributed by atoms with Crippen molar-refractivity contribution in [1.29, 1.82) is 0 Å². The number of rotatable bonds is 9. The summed E-state index contributed by atoms with van der Waals surface area (Å²) in [5.41, 5.74) is 1.35. The normalized spacial score (nSPS) is 16.4. The molecule has 6 nitrogen and oxygen atoms in total. The average molecular weight is 423 g/mol. The number of aromatic nitrogens is 1. The molecule has 0 radical (unpaired) electrons. The Bertz CT molecular complexity index is 771. The maximum Gasteiger partial charge on any atom is 0.191 e. The van der Waals surface area contributed by atoms with Crippen LogP contribution in [0.1, 0.15) is 38.7 Å². The van der Waals surface area contributed by atoms with E-state index in [2.05, 4.69) is 88.8 Å². The SMILES string of the molecule is CCNC(=NCCC(C)N(C)Cc1ccccc1)NC1CCN(c2ccccn2)CC1. The molecule has 1 aromatic carbocycles. The summed E-state index contributed by atoms with van der Waals surface area (Å²) in [6.45, 7) is 9.12. The van der Waals surface area contributed by atoms with Gasteiger partial charge in [0.25, 0.3) is 0 Å². The fraction of sp³-hybridized carbons (Fsp3) is 0.520. The molecule has 1 atom stereocenters. The fourth-order valence-corrected chi connectivity index (χ4v) is 3.92. The van der Waals surface area contributed by atoms with Crippen molar-refractivity contribution in [2.45, 2.75) is 51.7 Å². The van der Waals surface area contributed by atoms with Crippen molar-refractivity contribution in [3.05, 3.63) is 60.3 Å². The Kier molecular flexibility index (Phi) is 9.16. The van der Waals surface area contributed by atoms with Gasteiger partial charge in [0.2, 0.25) is 0 Å². The second-order valence-electron chi connectivity index (χ2n) is 8.39. The van der Waals surface area contributed by atoms with E-state index in [0.29, 0.717) is 12.1 Å². The van der Waals surface area contributed by atoms with Gasteiger partial charge < -0.3 is 15.5 Å². The van der Waals surface area contributed by atoms with Gasteiger partial charge in [0, 0.05) is 51.0 Å². The van der Waals surface area contributed by atoms with Crippen LogP contribution in [0.3, 0.4) is 0 Å². The first-order chi connectivity index (χ1) is 15.2. The van der Waals surface area contributed by atoms with E-state index in [1.165, 1.54) is 5.56 Å². The number of nitrogens with zero attached hydrogens (tertiary/aromatic N) is 4. The largest absolute Gasteiger partial charge is 0.357 e. The first-order valence-corrected chi connectivity index (χ1v) is 11.6. The summed E-state index contributed by atoms with van der Waals surface area (Å²) >= 11 is 0. The van der Waals surface area contributed by atoms with E-state index in [9.17, 15) is 0 Å². The molecule has 1 unspecified atom stereocenters. The van der Waals surface area contributed by atoms with E-state index in [0.717, 1.165) is 63.8 Å². The molecule has 2 heterocycles. The number of anilines is 1. The summed E-state index contributed by atoms with van der Waals surface area (Å²) in [7, 11) is 2.19. The number of nitrogens with one attached hydrogen (secondary N) is 2. The van der Waals surface area contributed by atoms with Gasteiger partial charge in [0.05, 0.1) is 0 Å². The number of hydrogen-bond donors (Lipinski definition) is 2. The molecule has 1 aliphatic heterocycles. The van der Waals surface area contributed by atoms with Gasteiger partial charge in [-0.3, -0.25) is 9.89 Å². The van der Waals surface area contributed by atoms with Gasteiger partial charge in [0.1, 0.15) is 5.82 Å². The van der Waals surface area contributed by atoms with Gasteiger partial charge in [-0.1, -0.05) is 36.4 Å². The first-order valence-electron chi connectivity index (χ1n) is 11.6. The highest BCUT2D eigenvalue weighted by molar-refractivity contribution is 5.80. The fourth-order valence-electron chi connectivity index (χ4n) is 3.92. The molecule has 1 aromatic heterocycles. The van der Waals surface area contributed by atoms with E-state index in [4.69, 9.17) is 4.99 Å². The lowest BCUT2D eigenvalue weighted by Gasteiger charge is -2.33. The van der Waals surface area contributed by atoms with Crippen molar-refractivity contribution < 1.29 is 0 Å². The molecular formula is C25H38N6. The summed E-state index contributed by atoms with van der Waals surface area (Å²) in [6.07, 6.45) is 5.10. The highest BCUT2D eigenvalue weighted by Gasteiger charge is 2.20. The van der Waals surface area contributed by atoms with Crippen molar-refractivity contribution in [2.24, 2.45) is 4.99 Å². The van der Waals surface area contributed by atoms with Crippen molar-refractivity contribution >= 4 is 11.8 Å². The lowest BCUT2D eigenvalue weighted by molar-refractivity contribution is 0.240. The first kappa shape index (κ1) is 23.1. The molecular weight excluding hydrogens is 384 g/mol. The molecule has 2 N–H and O–H groups in total. The quantitative estimate of drug-likeness (QED) is 0.478. The van der Waals surface area contributed by atoms with Gasteiger partial charge in [-0.25, -0.2) is 4.98 Å². The Labute approximate surface area is 187 Å². The molecule has 1 saturated heterocycles. The van der Waals surface area contributed by atoms with Crippen molar-refractivity contribution in [3.63, 3.8) is 0 Å². The maximum atomic E-state index is 4.86. The third-order valence-corrected chi connectivity index (χ3v) is 6.00. The molecule has 0 saturated carbocycles. The predicted molar refractivity (Wildman–Crippen MR) is 131 cm³/mol. The zero-order valence-corrected chi connectivity index (χ0v) is 19.3. The van der Waals surface area contributed by atoms with Crippen LogP contribution in [0, 0.1) is 0 Å². The van der Waals surface area contributed by atoms with E-state index >= 15 is 0 Å². The van der Waals surface area contributed by atoms with Crippen molar-refractivity contribution in [2.75, 3.05) is 38.1 Å². The number of aliphatic imine (C=N–C) groups is 1. The van der Waals surface area contributed by atoms with Crippen LogP contribution in [0.5, 0.6) is 0 Å². The second-order valence-corrected chi connectivity index (χ2v) is 8.39. The number of hydrogen-bond acceptors (Lipinski definition) is 4. The molecule has 0 bridgehead atoms.